The van der Waals surface area contributed by atoms with Crippen molar-refractivity contribution >= 4 is 17.6 Å². The zero-order chi connectivity index (χ0) is 86.9. The number of thiazole rings is 1. The third-order valence-electron chi connectivity index (χ3n) is 19.8. The van der Waals surface area contributed by atoms with Crippen LogP contribution in [0.5, 0.6) is 0 Å². The molecule has 1 aliphatic carbocycles. The van der Waals surface area contributed by atoms with Crippen molar-refractivity contribution in [1.82, 2.24) is 64.2 Å². The normalized spacial score (nSPS) is 12.7. The minimum Gasteiger partial charge on any atom is -0.448 e. The van der Waals surface area contributed by atoms with Crippen LogP contribution >= 0.6 is 11.3 Å². The third kappa shape index (κ3) is 34.0. The molecule has 0 amide bonds. The number of rotatable bonds is 20. The summed E-state index contributed by atoms with van der Waals surface area (Å²) in [6.45, 7) is 88.7. The van der Waals surface area contributed by atoms with Gasteiger partial charge in [0.25, 0.3) is 0 Å². The third-order valence-corrected chi connectivity index (χ3v) is 20.9. The van der Waals surface area contributed by atoms with Gasteiger partial charge in [-0.3, -0.25) is 19.5 Å². The van der Waals surface area contributed by atoms with Gasteiger partial charge in [0.05, 0.1) is 41.5 Å². The zero-order valence-corrected chi connectivity index (χ0v) is 80.7. The highest BCUT2D eigenvalue weighted by atomic mass is 32.1. The Kier molecular flexibility index (Phi) is 47.1. The number of aliphatic imine (C=N–C) groups is 1. The van der Waals surface area contributed by atoms with Gasteiger partial charge in [-0.25, -0.2) is 19.6 Å². The predicted molar refractivity (Wildman–Crippen MR) is 488 cm³/mol. The Labute approximate surface area is 695 Å². The van der Waals surface area contributed by atoms with E-state index in [-0.39, 0.29) is 0 Å². The molecule has 0 atom stereocenters. The van der Waals surface area contributed by atoms with Crippen LogP contribution in [0.15, 0.2) is 104 Å². The number of nitrogens with one attached hydrogen (secondary N) is 1. The molecule has 1 aliphatic heterocycles. The lowest BCUT2D eigenvalue weighted by Gasteiger charge is -2.13. The van der Waals surface area contributed by atoms with Crippen LogP contribution in [0.1, 0.15) is 462 Å². The second-order valence-corrected chi connectivity index (χ2v) is 37.6. The van der Waals surface area contributed by atoms with E-state index in [0.29, 0.717) is 113 Å². The molecule has 8 aromatic rings. The Morgan fingerprint density at radius 2 is 0.947 bits per heavy atom. The number of imidazole rings is 1. The molecular weight excluding hydrogens is 1410 g/mol. The van der Waals surface area contributed by atoms with Crippen LogP contribution in [0.4, 0.5) is 0 Å². The number of H-pyrrole nitrogens is 1. The van der Waals surface area contributed by atoms with Gasteiger partial charge in [-0.05, 0) is 154 Å². The Hall–Kier alpha value is -7.01. The highest BCUT2D eigenvalue weighted by Gasteiger charge is 2.22. The van der Waals surface area contributed by atoms with Gasteiger partial charge in [-0.15, -0.1) is 11.3 Å². The van der Waals surface area contributed by atoms with Crippen molar-refractivity contribution in [3.05, 3.63) is 174 Å². The van der Waals surface area contributed by atoms with Crippen molar-refractivity contribution < 1.29 is 9.05 Å². The maximum absolute atomic E-state index is 5.28. The summed E-state index contributed by atoms with van der Waals surface area (Å²) >= 11 is 1.77. The van der Waals surface area contributed by atoms with E-state index in [4.69, 9.17) is 4.42 Å². The molecule has 0 unspecified atom stereocenters. The van der Waals surface area contributed by atoms with E-state index in [0.717, 1.165) is 35.3 Å². The van der Waals surface area contributed by atoms with E-state index in [1.807, 2.05) is 60.0 Å². The molecule has 638 valence electrons. The molecule has 8 aromatic heterocycles. The molecular formula is C96H166N14O2S. The lowest BCUT2D eigenvalue weighted by Crippen LogP contribution is -2.06. The summed E-state index contributed by atoms with van der Waals surface area (Å²) in [7, 11) is 6.13. The Morgan fingerprint density at radius 3 is 1.29 bits per heavy atom. The molecule has 0 bridgehead atoms. The summed E-state index contributed by atoms with van der Waals surface area (Å²) in [5.41, 5.74) is 23.5. The first-order valence-electron chi connectivity index (χ1n) is 43.0. The number of hydrogen-bond donors (Lipinski definition) is 1. The highest BCUT2D eigenvalue weighted by molar-refractivity contribution is 7.09. The number of oxazole rings is 1. The average Bonchev–Trinajstić information content (AvgIpc) is 1.68. The molecule has 1 N–H and O–H groups in total. The summed E-state index contributed by atoms with van der Waals surface area (Å²) in [5, 5.41) is 23.5. The highest BCUT2D eigenvalue weighted by Crippen LogP contribution is 2.34. The molecule has 0 saturated carbocycles. The number of nitrogens with zero attached hydrogens (tertiary/aromatic N) is 13. The van der Waals surface area contributed by atoms with Crippen molar-refractivity contribution in [1.29, 1.82) is 0 Å². The molecule has 0 spiro atoms. The number of hydrogen-bond acceptors (Lipinski definition) is 12. The molecule has 17 heteroatoms. The predicted octanol–water partition coefficient (Wildman–Crippen LogP) is 28.7. The van der Waals surface area contributed by atoms with Crippen LogP contribution in [0.2, 0.25) is 0 Å². The topological polar surface area (TPSA) is 177 Å². The molecule has 113 heavy (non-hydrogen) atoms. The molecule has 0 radical (unpaired) electrons. The monoisotopic (exact) mass is 1580 g/mol. The van der Waals surface area contributed by atoms with E-state index in [1.165, 1.54) is 85.4 Å². The molecule has 0 saturated heterocycles. The fourth-order valence-electron chi connectivity index (χ4n) is 13.6. The molecule has 9 heterocycles. The molecule has 16 nitrogen and oxygen atoms in total. The fraction of sp³-hybridized carbons (Fsp3) is 0.677. The van der Waals surface area contributed by atoms with E-state index in [9.17, 15) is 0 Å². The van der Waals surface area contributed by atoms with Crippen LogP contribution in [-0.2, 0) is 21.1 Å². The zero-order valence-electron chi connectivity index (χ0n) is 79.9. The number of allylic oxidation sites excluding steroid dienone is 5. The lowest BCUT2D eigenvalue weighted by atomic mass is 9.93. The molecule has 10 rings (SSSR count). The first-order chi connectivity index (χ1) is 52.5. The summed E-state index contributed by atoms with van der Waals surface area (Å²) in [4.78, 5) is 18.6. The van der Waals surface area contributed by atoms with Crippen molar-refractivity contribution in [3.8, 4) is 0 Å². The fourth-order valence-corrected chi connectivity index (χ4v) is 14.6. The van der Waals surface area contributed by atoms with Gasteiger partial charge in [-0.2, -0.15) is 15.3 Å². The van der Waals surface area contributed by atoms with Gasteiger partial charge in [0.15, 0.2) is 6.39 Å². The van der Waals surface area contributed by atoms with Crippen LogP contribution in [0.25, 0.3) is 0 Å². The molecule has 0 aromatic carbocycles. The minimum atomic E-state index is 0.402. The van der Waals surface area contributed by atoms with Gasteiger partial charge in [0, 0.05) is 104 Å². The van der Waals surface area contributed by atoms with E-state index in [2.05, 4.69) is 379 Å². The second kappa shape index (κ2) is 51.1. The van der Waals surface area contributed by atoms with E-state index >= 15 is 0 Å². The lowest BCUT2D eigenvalue weighted by molar-refractivity contribution is 0.298. The summed E-state index contributed by atoms with van der Waals surface area (Å²) in [5.74, 6) is 13.0. The first kappa shape index (κ1) is 104. The van der Waals surface area contributed by atoms with Crippen molar-refractivity contribution in [2.75, 3.05) is 6.54 Å². The van der Waals surface area contributed by atoms with Gasteiger partial charge in [0.1, 0.15) is 23.0 Å². The van der Waals surface area contributed by atoms with E-state index < -0.39 is 0 Å². The van der Waals surface area contributed by atoms with E-state index in [1.54, 1.807) is 22.5 Å². The Balaban J connectivity index is 0.000000628. The summed E-state index contributed by atoms with van der Waals surface area (Å²) in [6, 6.07) is 2.76. The maximum Gasteiger partial charge on any atom is 0.181 e. The van der Waals surface area contributed by atoms with Crippen molar-refractivity contribution in [2.45, 2.75) is 378 Å². The van der Waals surface area contributed by atoms with Gasteiger partial charge in [0.2, 0.25) is 0 Å². The maximum atomic E-state index is 5.28. The largest absolute Gasteiger partial charge is 0.448 e. The number of aromatic nitrogens is 13. The Morgan fingerprint density at radius 1 is 0.434 bits per heavy atom. The number of aryl methyl sites for hydroxylation is 3. The SMILES string of the molecule is CC(C)C1=C(C(C)C)CC=C1.CC(C)C1=C(C(C)C)CN=C1.CC(C)c1ccn(C)c1C(C)C.CC(C)c1cn(C)nc1C(C)C.CC(C)c1cn[nH]c1C(C)C.CC(C)c1cnn(C)c1C(C)C.CC(C)c1nccn1C(C)C.CC(C)c1ncoc1C(C)C.CC(C)c1ncsc1C(C)C.CC(C)c1nonc1C(C)C. The summed E-state index contributed by atoms with van der Waals surface area (Å²) < 4.78 is 18.3. The van der Waals surface area contributed by atoms with Gasteiger partial charge >= 0.3 is 0 Å². The average molecular weight is 1580 g/mol. The van der Waals surface area contributed by atoms with Crippen LogP contribution in [0, 0.1) is 23.7 Å². The van der Waals surface area contributed by atoms with Crippen LogP contribution in [0.3, 0.4) is 0 Å². The molecule has 0 fully saturated rings. The van der Waals surface area contributed by atoms with Crippen LogP contribution < -0.4 is 0 Å². The van der Waals surface area contributed by atoms with Crippen molar-refractivity contribution in [2.24, 2.45) is 49.8 Å². The summed E-state index contributed by atoms with van der Waals surface area (Å²) in [6.07, 6.45) is 21.4. The van der Waals surface area contributed by atoms with Crippen LogP contribution in [-0.4, -0.2) is 76.9 Å². The molecule has 2 aliphatic rings. The minimum absolute atomic E-state index is 0.402. The van der Waals surface area contributed by atoms with Gasteiger partial charge < -0.3 is 13.6 Å². The second-order valence-electron chi connectivity index (χ2n) is 36.8. The Bertz CT molecular complexity index is 3450. The number of aromatic amines is 1. The van der Waals surface area contributed by atoms with Gasteiger partial charge in [-0.1, -0.05) is 291 Å². The quantitative estimate of drug-likeness (QED) is 0.0772. The smallest absolute Gasteiger partial charge is 0.181 e. The van der Waals surface area contributed by atoms with Crippen molar-refractivity contribution in [3.63, 3.8) is 0 Å². The standard InChI is InChI=1S/C11H19N.C11H18.2C10H18N2.C10H17N.2C9H16N2.C9H15NO.C9H15NS.C8H14N2O/c1-8(2)10-6-7-12(5)11(10)9(3)4;1-8(2)10-6-5-7-11(10)9(3)4;1-7(2)9-6-12(5)11-10(9)8(3)4;1-7(2)9-6-11-12(5)10(9)8(3)4;1-7(2)9-5-11-6-10(9)8(3)4;1-7(2)9-10-5-6-11(9)8(3)4;1-6(2)8-5-10-11-9(8)7(3)4;2*1-6(2)8-9(7(3)4)11-5-10-8;1-5(2)7-8(6(3)4)10-11-9-7/h6-9H,1-5H3;5-6,8-9H,7H2,1-4H3;2*6-8H,1-5H3;5,7-8H,6H2,1-4H3;5-8H,1-4H3;5-7H,1-4H3,(H,10,11);2*5-7H,1-4H3;5-6H,1-4H3. The first-order valence-corrected chi connectivity index (χ1v) is 43.9.